The van der Waals surface area contributed by atoms with Crippen LogP contribution in [0.15, 0.2) is 0 Å². The Morgan fingerprint density at radius 3 is 2.28 bits per heavy atom. The average Bonchev–Trinajstić information content (AvgIpc) is 2.25. The predicted octanol–water partition coefficient (Wildman–Crippen LogP) is 2.03. The van der Waals surface area contributed by atoms with Gasteiger partial charge in [0.15, 0.2) is 0 Å². The van der Waals surface area contributed by atoms with Gasteiger partial charge < -0.3 is 10.0 Å². The number of carbonyl (C=O) groups is 2. The summed E-state index contributed by atoms with van der Waals surface area (Å²) in [7, 11) is 0. The summed E-state index contributed by atoms with van der Waals surface area (Å²) in [6, 6.07) is 0. The molecule has 1 N–H and O–H groups in total. The molecule has 4 nitrogen and oxygen atoms in total. The van der Waals surface area contributed by atoms with Gasteiger partial charge in [-0.1, -0.05) is 6.42 Å². The van der Waals surface area contributed by atoms with Crippen LogP contribution in [-0.4, -0.2) is 34.0 Å². The minimum atomic E-state index is -0.727. The molecule has 3 aliphatic rings. The molecule has 0 aromatic heterocycles. The Bertz CT molecular complexity index is 370. The van der Waals surface area contributed by atoms with Crippen molar-refractivity contribution in [2.24, 2.45) is 11.8 Å². The Kier molecular flexibility index (Phi) is 2.83. The minimum Gasteiger partial charge on any atom is -0.481 e. The molecule has 4 heteroatoms. The molecule has 2 aliphatic carbocycles. The van der Waals surface area contributed by atoms with Crippen LogP contribution in [0.25, 0.3) is 0 Å². The molecule has 0 radical (unpaired) electrons. The highest BCUT2D eigenvalue weighted by molar-refractivity contribution is 5.82. The van der Waals surface area contributed by atoms with E-state index >= 15 is 0 Å². The highest BCUT2D eigenvalue weighted by Gasteiger charge is 2.52. The standard InChI is InChI=1S/C14H21NO3/c16-12(15-8-7-14(15)5-2-6-14)10-3-1-4-11(9-10)13(17)18/h10-11H,1-9H2,(H,17,18). The van der Waals surface area contributed by atoms with Crippen molar-refractivity contribution in [2.45, 2.75) is 56.9 Å². The zero-order chi connectivity index (χ0) is 12.8. The molecule has 1 saturated heterocycles. The first-order chi connectivity index (χ1) is 8.62. The number of amides is 1. The SMILES string of the molecule is O=C(O)C1CCCC(C(=O)N2CCC23CCC3)C1. The molecule has 3 fully saturated rings. The Morgan fingerprint density at radius 1 is 1.06 bits per heavy atom. The third-order valence-electron chi connectivity index (χ3n) is 5.30. The third kappa shape index (κ3) is 1.73. The average molecular weight is 251 g/mol. The molecule has 1 heterocycles. The first kappa shape index (κ1) is 12.0. The van der Waals surface area contributed by atoms with Gasteiger partial charge in [-0.15, -0.1) is 0 Å². The monoisotopic (exact) mass is 251 g/mol. The van der Waals surface area contributed by atoms with Crippen molar-refractivity contribution >= 4 is 11.9 Å². The van der Waals surface area contributed by atoms with Crippen LogP contribution in [0.5, 0.6) is 0 Å². The van der Waals surface area contributed by atoms with Crippen LogP contribution in [0.1, 0.15) is 51.4 Å². The summed E-state index contributed by atoms with van der Waals surface area (Å²) in [4.78, 5) is 25.6. The molecule has 0 aromatic carbocycles. The van der Waals surface area contributed by atoms with Crippen molar-refractivity contribution in [1.82, 2.24) is 4.90 Å². The van der Waals surface area contributed by atoms with Crippen LogP contribution in [0.3, 0.4) is 0 Å². The zero-order valence-electron chi connectivity index (χ0n) is 10.7. The van der Waals surface area contributed by atoms with Gasteiger partial charge in [0.05, 0.1) is 5.92 Å². The minimum absolute atomic E-state index is 0.0300. The van der Waals surface area contributed by atoms with E-state index in [9.17, 15) is 9.59 Å². The second kappa shape index (κ2) is 4.25. The second-order valence-electron chi connectivity index (χ2n) is 6.22. The van der Waals surface area contributed by atoms with E-state index in [1.54, 1.807) is 0 Å². The van der Waals surface area contributed by atoms with Crippen LogP contribution in [0, 0.1) is 11.8 Å². The van der Waals surface area contributed by atoms with Crippen LogP contribution < -0.4 is 0 Å². The molecule has 0 bridgehead atoms. The van der Waals surface area contributed by atoms with E-state index in [-0.39, 0.29) is 23.3 Å². The molecule has 3 rings (SSSR count). The number of carbonyl (C=O) groups excluding carboxylic acids is 1. The summed E-state index contributed by atoms with van der Waals surface area (Å²) in [5.74, 6) is -0.815. The summed E-state index contributed by atoms with van der Waals surface area (Å²) in [5.41, 5.74) is 0.202. The van der Waals surface area contributed by atoms with E-state index < -0.39 is 5.97 Å². The van der Waals surface area contributed by atoms with Crippen LogP contribution >= 0.6 is 0 Å². The number of carboxylic acids is 1. The Labute approximate surface area is 107 Å². The van der Waals surface area contributed by atoms with Crippen molar-refractivity contribution < 1.29 is 14.7 Å². The van der Waals surface area contributed by atoms with Gasteiger partial charge in [0.25, 0.3) is 0 Å². The van der Waals surface area contributed by atoms with E-state index in [2.05, 4.69) is 4.90 Å². The maximum Gasteiger partial charge on any atom is 0.306 e. The van der Waals surface area contributed by atoms with Crippen molar-refractivity contribution in [3.63, 3.8) is 0 Å². The number of rotatable bonds is 2. The Morgan fingerprint density at radius 2 is 1.78 bits per heavy atom. The van der Waals surface area contributed by atoms with Crippen molar-refractivity contribution in [1.29, 1.82) is 0 Å². The second-order valence-corrected chi connectivity index (χ2v) is 6.22. The number of likely N-dealkylation sites (tertiary alicyclic amines) is 1. The highest BCUT2D eigenvalue weighted by Crippen LogP contribution is 2.48. The number of nitrogens with zero attached hydrogens (tertiary/aromatic N) is 1. The van der Waals surface area contributed by atoms with Gasteiger partial charge in [0.1, 0.15) is 0 Å². The van der Waals surface area contributed by atoms with E-state index in [1.807, 2.05) is 0 Å². The van der Waals surface area contributed by atoms with E-state index in [4.69, 9.17) is 5.11 Å². The summed E-state index contributed by atoms with van der Waals surface area (Å²) < 4.78 is 0. The molecule has 1 spiro atoms. The van der Waals surface area contributed by atoms with Gasteiger partial charge in [0.2, 0.25) is 5.91 Å². The van der Waals surface area contributed by atoms with Crippen molar-refractivity contribution in [2.75, 3.05) is 6.54 Å². The number of aliphatic carboxylic acids is 1. The third-order valence-corrected chi connectivity index (χ3v) is 5.30. The molecule has 2 atom stereocenters. The molecular weight excluding hydrogens is 230 g/mol. The lowest BCUT2D eigenvalue weighted by Gasteiger charge is -2.59. The normalized spacial score (nSPS) is 33.7. The number of hydrogen-bond acceptors (Lipinski definition) is 2. The van der Waals surface area contributed by atoms with Gasteiger partial charge in [-0.25, -0.2) is 0 Å². The largest absolute Gasteiger partial charge is 0.481 e. The topological polar surface area (TPSA) is 57.6 Å². The molecule has 0 aromatic rings. The molecular formula is C14H21NO3. The van der Waals surface area contributed by atoms with E-state index in [0.717, 1.165) is 45.1 Å². The zero-order valence-corrected chi connectivity index (χ0v) is 10.7. The predicted molar refractivity (Wildman–Crippen MR) is 66.0 cm³/mol. The lowest BCUT2D eigenvalue weighted by molar-refractivity contribution is -0.162. The lowest BCUT2D eigenvalue weighted by atomic mass is 9.67. The Hall–Kier alpha value is -1.06. The molecule has 1 aliphatic heterocycles. The summed E-state index contributed by atoms with van der Waals surface area (Å²) in [6.45, 7) is 0.896. The maximum atomic E-state index is 12.5. The van der Waals surface area contributed by atoms with Crippen molar-refractivity contribution in [3.8, 4) is 0 Å². The van der Waals surface area contributed by atoms with Crippen molar-refractivity contribution in [3.05, 3.63) is 0 Å². The smallest absolute Gasteiger partial charge is 0.306 e. The molecule has 2 saturated carbocycles. The van der Waals surface area contributed by atoms with Gasteiger partial charge in [-0.3, -0.25) is 9.59 Å². The van der Waals surface area contributed by atoms with Gasteiger partial charge >= 0.3 is 5.97 Å². The molecule has 1 amide bonds. The fourth-order valence-electron chi connectivity index (χ4n) is 3.85. The quantitative estimate of drug-likeness (QED) is 0.817. The van der Waals surface area contributed by atoms with Gasteiger partial charge in [0, 0.05) is 18.0 Å². The fourth-order valence-corrected chi connectivity index (χ4v) is 3.85. The van der Waals surface area contributed by atoms with Gasteiger partial charge in [-0.05, 0) is 44.9 Å². The first-order valence-electron chi connectivity index (χ1n) is 7.17. The summed E-state index contributed by atoms with van der Waals surface area (Å²) in [6.07, 6.45) is 7.79. The van der Waals surface area contributed by atoms with Gasteiger partial charge in [-0.2, -0.15) is 0 Å². The van der Waals surface area contributed by atoms with Crippen LogP contribution in [0.4, 0.5) is 0 Å². The maximum absolute atomic E-state index is 12.5. The number of carboxylic acid groups (broad SMARTS) is 1. The van der Waals surface area contributed by atoms with E-state index in [0.29, 0.717) is 6.42 Å². The van der Waals surface area contributed by atoms with E-state index in [1.165, 1.54) is 6.42 Å². The first-order valence-corrected chi connectivity index (χ1v) is 7.17. The molecule has 100 valence electrons. The summed E-state index contributed by atoms with van der Waals surface area (Å²) in [5, 5.41) is 9.08. The highest BCUT2D eigenvalue weighted by atomic mass is 16.4. The molecule has 2 unspecified atom stereocenters. The Balaban J connectivity index is 1.64. The van der Waals surface area contributed by atoms with Crippen LogP contribution in [-0.2, 0) is 9.59 Å². The number of hydrogen-bond donors (Lipinski definition) is 1. The van der Waals surface area contributed by atoms with Crippen LogP contribution in [0.2, 0.25) is 0 Å². The molecule has 18 heavy (non-hydrogen) atoms. The fraction of sp³-hybridized carbons (Fsp3) is 0.857. The summed E-state index contributed by atoms with van der Waals surface area (Å²) >= 11 is 0. The lowest BCUT2D eigenvalue weighted by Crippen LogP contribution is -2.66.